The fourth-order valence-electron chi connectivity index (χ4n) is 13.8. The maximum atomic E-state index is 10.2. The minimum Gasteiger partial charge on any atom is -0.309 e. The van der Waals surface area contributed by atoms with E-state index in [-0.39, 0.29) is 0 Å². The second-order valence-electron chi connectivity index (χ2n) is 23.6. The van der Waals surface area contributed by atoms with Gasteiger partial charge in [-0.3, -0.25) is 0 Å². The maximum Gasteiger partial charge on any atom is 0.189 e. The third-order valence-electron chi connectivity index (χ3n) is 18.1. The molecule has 0 aliphatic carbocycles. The van der Waals surface area contributed by atoms with Crippen LogP contribution in [0.4, 0.5) is 11.4 Å². The topological polar surface area (TPSA) is 110 Å². The number of nitriles is 2. The third-order valence-corrected chi connectivity index (χ3v) is 18.1. The van der Waals surface area contributed by atoms with E-state index in [2.05, 4.69) is 230 Å². The number of fused-ring (bicyclic) bond motifs is 9. The van der Waals surface area contributed by atoms with Gasteiger partial charge in [0, 0.05) is 82.6 Å². The smallest absolute Gasteiger partial charge is 0.189 e. The average Bonchev–Trinajstić information content (AvgIpc) is 1.66. The molecule has 0 fully saturated rings. The van der Waals surface area contributed by atoms with Crippen molar-refractivity contribution in [2.45, 2.75) is 0 Å². The Bertz CT molecular complexity index is 5650. The quantitative estimate of drug-likeness (QED) is 0.127. The SMILES string of the molecule is [C-]#[N+]c1cc(C#N)cc(-c2ccc3c(c2)c2cc(-c4cc(C#N)cc([N+]#[C-])c4)ccc2n3-c2c(-c3ccc(-n4c5ccccc5c5ccccc54)cc3)cc(-c3nc(-c4ccccc4)nc(-c4ccccc4)n3)cc2-c2ccc(-n3c4ccccc4c4ccccc43)cc2)c1. The van der Waals surface area contributed by atoms with E-state index in [0.29, 0.717) is 40.0 Å². The summed E-state index contributed by atoms with van der Waals surface area (Å²) in [6.07, 6.45) is 0. The summed E-state index contributed by atoms with van der Waals surface area (Å²) in [5.41, 5.74) is 19.8. The molecule has 10 heteroatoms. The molecular weight excluding hydrogens is 1160 g/mol. The summed E-state index contributed by atoms with van der Waals surface area (Å²) in [7, 11) is 0. The summed E-state index contributed by atoms with van der Waals surface area (Å²) in [6, 6.07) is 104. The summed E-state index contributed by atoms with van der Waals surface area (Å²) in [5, 5.41) is 27.0. The van der Waals surface area contributed by atoms with Gasteiger partial charge in [0.15, 0.2) is 28.8 Å². The van der Waals surface area contributed by atoms with Crippen molar-refractivity contribution >= 4 is 76.8 Å². The van der Waals surface area contributed by atoms with Gasteiger partial charge in [-0.15, -0.1) is 0 Å². The highest BCUT2D eigenvalue weighted by atomic mass is 15.0. The first-order valence-electron chi connectivity index (χ1n) is 31.1. The van der Waals surface area contributed by atoms with Gasteiger partial charge in [0.05, 0.1) is 64.1 Å². The monoisotopic (exact) mass is 1210 g/mol. The van der Waals surface area contributed by atoms with Crippen molar-refractivity contribution in [3.05, 3.63) is 325 Å². The summed E-state index contributed by atoms with van der Waals surface area (Å²) >= 11 is 0. The predicted octanol–water partition coefficient (Wildman–Crippen LogP) is 21.7. The van der Waals surface area contributed by atoms with Crippen molar-refractivity contribution in [2.24, 2.45) is 0 Å². The standard InChI is InChI=1S/C85H48N10/c1-88-64-43-53(51-86)41-61(45-64)59-33-39-80-74(47-59)75-48-60(62-42-54(52-87)44-65(46-62)89-2)34-40-81(75)95(80)82-72(55-29-35-66(36-30-55)93-76-25-13-9-21-68(76)69-22-10-14-26-77(69)93)49-63(85-91-83(57-17-5-3-6-18-57)90-84(92-85)58-19-7-4-8-20-58)50-73(82)56-31-37-67(38-32-56)94-78-27-15-11-23-70(78)71-24-12-16-28-79(71)94/h3-50H. The van der Waals surface area contributed by atoms with Crippen LogP contribution in [0.1, 0.15) is 11.1 Å². The summed E-state index contributed by atoms with van der Waals surface area (Å²) in [4.78, 5) is 23.5. The Hall–Kier alpha value is -13.8. The van der Waals surface area contributed by atoms with Gasteiger partial charge in [0.2, 0.25) is 0 Å². The van der Waals surface area contributed by atoms with E-state index in [1.807, 2.05) is 84.9 Å². The molecule has 0 saturated heterocycles. The number of para-hydroxylation sites is 4. The highest BCUT2D eigenvalue weighted by molar-refractivity contribution is 6.14. The minimum absolute atomic E-state index is 0.365. The zero-order chi connectivity index (χ0) is 63.7. The lowest BCUT2D eigenvalue weighted by molar-refractivity contribution is 1.07. The van der Waals surface area contributed by atoms with Gasteiger partial charge in [0.1, 0.15) is 0 Å². The number of hydrogen-bond donors (Lipinski definition) is 0. The normalized spacial score (nSPS) is 11.3. The Morgan fingerprint density at radius 3 is 0.979 bits per heavy atom. The Kier molecular flexibility index (Phi) is 13.2. The van der Waals surface area contributed by atoms with E-state index in [9.17, 15) is 10.5 Å². The van der Waals surface area contributed by atoms with Gasteiger partial charge in [-0.2, -0.15) is 10.5 Å². The molecule has 0 amide bonds. The van der Waals surface area contributed by atoms with Gasteiger partial charge < -0.3 is 13.7 Å². The van der Waals surface area contributed by atoms with Crippen LogP contribution >= 0.6 is 0 Å². The lowest BCUT2D eigenvalue weighted by Gasteiger charge is -2.22. The summed E-state index contributed by atoms with van der Waals surface area (Å²) < 4.78 is 7.03. The van der Waals surface area contributed by atoms with E-state index in [0.717, 1.165) is 122 Å². The molecule has 0 bridgehead atoms. The van der Waals surface area contributed by atoms with Crippen molar-refractivity contribution in [3.8, 4) is 108 Å². The second-order valence-corrected chi connectivity index (χ2v) is 23.6. The molecule has 438 valence electrons. The maximum absolute atomic E-state index is 10.2. The molecule has 4 heterocycles. The van der Waals surface area contributed by atoms with Crippen molar-refractivity contribution in [3.63, 3.8) is 0 Å². The molecule has 0 saturated carbocycles. The van der Waals surface area contributed by atoms with Crippen molar-refractivity contribution < 1.29 is 0 Å². The first-order chi connectivity index (χ1) is 46.9. The van der Waals surface area contributed by atoms with Crippen molar-refractivity contribution in [2.75, 3.05) is 0 Å². The zero-order valence-corrected chi connectivity index (χ0v) is 50.7. The van der Waals surface area contributed by atoms with E-state index < -0.39 is 0 Å². The first kappa shape index (κ1) is 55.3. The molecule has 0 radical (unpaired) electrons. The van der Waals surface area contributed by atoms with Crippen molar-refractivity contribution in [1.29, 1.82) is 10.5 Å². The van der Waals surface area contributed by atoms with Gasteiger partial charge in [-0.1, -0.05) is 170 Å². The van der Waals surface area contributed by atoms with Crippen LogP contribution in [-0.2, 0) is 0 Å². The number of benzene rings is 13. The molecule has 95 heavy (non-hydrogen) atoms. The molecule has 0 spiro atoms. The van der Waals surface area contributed by atoms with Crippen molar-refractivity contribution in [1.82, 2.24) is 28.7 Å². The van der Waals surface area contributed by atoms with Crippen LogP contribution in [-0.4, -0.2) is 28.7 Å². The van der Waals surface area contributed by atoms with Crippen LogP contribution in [0.2, 0.25) is 0 Å². The Labute approximate surface area is 545 Å². The second kappa shape index (κ2) is 22.6. The number of aromatic nitrogens is 6. The molecule has 0 atom stereocenters. The van der Waals surface area contributed by atoms with Gasteiger partial charge in [-0.05, 0) is 155 Å². The van der Waals surface area contributed by atoms with Gasteiger partial charge >= 0.3 is 0 Å². The van der Waals surface area contributed by atoms with Crippen LogP contribution in [0, 0.1) is 35.8 Å². The van der Waals surface area contributed by atoms with E-state index in [1.54, 1.807) is 12.1 Å². The fourth-order valence-corrected chi connectivity index (χ4v) is 13.8. The molecule has 17 rings (SSSR count). The molecule has 17 aromatic rings. The Morgan fingerprint density at radius 2 is 0.611 bits per heavy atom. The van der Waals surface area contributed by atoms with Crippen LogP contribution in [0.25, 0.3) is 171 Å². The summed E-state index contributed by atoms with van der Waals surface area (Å²) in [6.45, 7) is 16.0. The highest BCUT2D eigenvalue weighted by Gasteiger charge is 2.26. The Morgan fingerprint density at radius 1 is 0.274 bits per heavy atom. The van der Waals surface area contributed by atoms with E-state index >= 15 is 0 Å². The van der Waals surface area contributed by atoms with Crippen LogP contribution in [0.5, 0.6) is 0 Å². The molecule has 10 nitrogen and oxygen atoms in total. The van der Waals surface area contributed by atoms with Crippen LogP contribution in [0.15, 0.2) is 291 Å². The molecule has 13 aromatic carbocycles. The van der Waals surface area contributed by atoms with Crippen LogP contribution < -0.4 is 0 Å². The highest BCUT2D eigenvalue weighted by Crippen LogP contribution is 2.47. The Balaban J connectivity index is 0.985. The summed E-state index contributed by atoms with van der Waals surface area (Å²) in [5.74, 6) is 1.56. The molecule has 0 unspecified atom stereocenters. The fraction of sp³-hybridized carbons (Fsp3) is 0. The molecule has 0 N–H and O–H groups in total. The minimum atomic E-state index is 0.365. The molecular formula is C85H48N10. The van der Waals surface area contributed by atoms with Gasteiger partial charge in [-0.25, -0.2) is 24.6 Å². The van der Waals surface area contributed by atoms with E-state index in [1.165, 1.54) is 21.5 Å². The first-order valence-corrected chi connectivity index (χ1v) is 31.1. The largest absolute Gasteiger partial charge is 0.309 e. The molecule has 0 aliphatic heterocycles. The van der Waals surface area contributed by atoms with E-state index in [4.69, 9.17) is 28.1 Å². The average molecular weight is 1210 g/mol. The third kappa shape index (κ3) is 9.43. The number of hydrogen-bond acceptors (Lipinski definition) is 5. The molecule has 4 aromatic heterocycles. The van der Waals surface area contributed by atoms with Crippen LogP contribution in [0.3, 0.4) is 0 Å². The lowest BCUT2D eigenvalue weighted by atomic mass is 9.92. The predicted molar refractivity (Wildman–Crippen MR) is 383 cm³/mol. The number of rotatable bonds is 10. The number of nitrogens with zero attached hydrogens (tertiary/aromatic N) is 10. The zero-order valence-electron chi connectivity index (χ0n) is 50.7. The lowest BCUT2D eigenvalue weighted by Crippen LogP contribution is -2.04. The van der Waals surface area contributed by atoms with Gasteiger partial charge in [0.25, 0.3) is 0 Å². The molecule has 0 aliphatic rings.